The first-order chi connectivity index (χ1) is 6.09. The molecule has 0 spiro atoms. The molecular formula is C9H15N3O. The first kappa shape index (κ1) is 9.92. The van der Waals surface area contributed by atoms with Gasteiger partial charge in [0.05, 0.1) is 12.2 Å². The SMILES string of the molecule is Cc1ccc(=O)n(CCN(C)C)n1. The average Bonchev–Trinajstić information content (AvgIpc) is 2.06. The number of rotatable bonds is 3. The summed E-state index contributed by atoms with van der Waals surface area (Å²) in [5.41, 5.74) is 0.839. The summed E-state index contributed by atoms with van der Waals surface area (Å²) in [6.45, 7) is 3.36. The Morgan fingerprint density at radius 3 is 2.77 bits per heavy atom. The lowest BCUT2D eigenvalue weighted by molar-refractivity contribution is 0.366. The number of hydrogen-bond donors (Lipinski definition) is 0. The van der Waals surface area contributed by atoms with Gasteiger partial charge in [-0.15, -0.1) is 0 Å². The van der Waals surface area contributed by atoms with Crippen LogP contribution in [0.2, 0.25) is 0 Å². The molecule has 4 heteroatoms. The minimum Gasteiger partial charge on any atom is -0.308 e. The fourth-order valence-corrected chi connectivity index (χ4v) is 1.01. The van der Waals surface area contributed by atoms with Gasteiger partial charge in [0.25, 0.3) is 5.56 Å². The van der Waals surface area contributed by atoms with Crippen molar-refractivity contribution < 1.29 is 0 Å². The molecule has 1 aromatic rings. The summed E-state index contributed by atoms with van der Waals surface area (Å²) in [5.74, 6) is 0. The van der Waals surface area contributed by atoms with E-state index in [1.165, 1.54) is 4.68 Å². The third-order valence-electron chi connectivity index (χ3n) is 1.76. The molecule has 72 valence electrons. The zero-order valence-corrected chi connectivity index (χ0v) is 8.32. The molecule has 0 aromatic carbocycles. The van der Waals surface area contributed by atoms with Crippen LogP contribution in [0.5, 0.6) is 0 Å². The van der Waals surface area contributed by atoms with Crippen LogP contribution in [0.3, 0.4) is 0 Å². The van der Waals surface area contributed by atoms with E-state index < -0.39 is 0 Å². The average molecular weight is 181 g/mol. The first-order valence-corrected chi connectivity index (χ1v) is 4.29. The molecule has 0 saturated heterocycles. The van der Waals surface area contributed by atoms with E-state index >= 15 is 0 Å². The fraction of sp³-hybridized carbons (Fsp3) is 0.556. The lowest BCUT2D eigenvalue weighted by Gasteiger charge is -2.10. The van der Waals surface area contributed by atoms with Crippen molar-refractivity contribution in [2.24, 2.45) is 0 Å². The maximum atomic E-state index is 11.3. The molecule has 0 N–H and O–H groups in total. The Kier molecular flexibility index (Phi) is 3.19. The monoisotopic (exact) mass is 181 g/mol. The molecule has 1 heterocycles. The van der Waals surface area contributed by atoms with E-state index in [1.54, 1.807) is 12.1 Å². The molecule has 0 aliphatic carbocycles. The number of aryl methyl sites for hydroxylation is 1. The van der Waals surface area contributed by atoms with Crippen molar-refractivity contribution in [3.63, 3.8) is 0 Å². The molecule has 0 bridgehead atoms. The summed E-state index contributed by atoms with van der Waals surface area (Å²) >= 11 is 0. The van der Waals surface area contributed by atoms with E-state index in [1.807, 2.05) is 25.9 Å². The highest BCUT2D eigenvalue weighted by Crippen LogP contribution is 1.86. The van der Waals surface area contributed by atoms with Gasteiger partial charge in [0, 0.05) is 12.6 Å². The molecule has 4 nitrogen and oxygen atoms in total. The molecular weight excluding hydrogens is 166 g/mol. The maximum Gasteiger partial charge on any atom is 0.266 e. The number of hydrogen-bond acceptors (Lipinski definition) is 3. The van der Waals surface area contributed by atoms with Gasteiger partial charge in [-0.3, -0.25) is 4.79 Å². The highest BCUT2D eigenvalue weighted by Gasteiger charge is 1.97. The van der Waals surface area contributed by atoms with Crippen LogP contribution >= 0.6 is 0 Å². The minimum absolute atomic E-state index is 0.0348. The molecule has 0 fully saturated rings. The Morgan fingerprint density at radius 1 is 1.46 bits per heavy atom. The van der Waals surface area contributed by atoms with Crippen molar-refractivity contribution in [2.45, 2.75) is 13.5 Å². The van der Waals surface area contributed by atoms with Crippen molar-refractivity contribution >= 4 is 0 Å². The second-order valence-electron chi connectivity index (χ2n) is 3.34. The highest BCUT2D eigenvalue weighted by atomic mass is 16.1. The molecule has 0 saturated carbocycles. The van der Waals surface area contributed by atoms with E-state index in [9.17, 15) is 4.79 Å². The summed E-state index contributed by atoms with van der Waals surface area (Å²) in [6, 6.07) is 3.28. The van der Waals surface area contributed by atoms with Crippen LogP contribution in [0.15, 0.2) is 16.9 Å². The van der Waals surface area contributed by atoms with E-state index in [0.29, 0.717) is 6.54 Å². The van der Waals surface area contributed by atoms with Gasteiger partial charge < -0.3 is 4.90 Å². The van der Waals surface area contributed by atoms with E-state index in [0.717, 1.165) is 12.2 Å². The van der Waals surface area contributed by atoms with Crippen molar-refractivity contribution in [3.05, 3.63) is 28.2 Å². The van der Waals surface area contributed by atoms with E-state index in [-0.39, 0.29) is 5.56 Å². The number of nitrogens with zero attached hydrogens (tertiary/aromatic N) is 3. The molecule has 1 aromatic heterocycles. The van der Waals surface area contributed by atoms with Gasteiger partial charge in [-0.1, -0.05) is 0 Å². The molecule has 13 heavy (non-hydrogen) atoms. The van der Waals surface area contributed by atoms with Crippen LogP contribution in [0.1, 0.15) is 5.69 Å². The van der Waals surface area contributed by atoms with Gasteiger partial charge in [-0.2, -0.15) is 5.10 Å². The van der Waals surface area contributed by atoms with E-state index in [2.05, 4.69) is 5.10 Å². The minimum atomic E-state index is -0.0348. The van der Waals surface area contributed by atoms with Crippen molar-refractivity contribution in [1.82, 2.24) is 14.7 Å². The van der Waals surface area contributed by atoms with Gasteiger partial charge >= 0.3 is 0 Å². The largest absolute Gasteiger partial charge is 0.308 e. The molecule has 0 atom stereocenters. The van der Waals surface area contributed by atoms with Crippen LogP contribution in [0.4, 0.5) is 0 Å². The summed E-state index contributed by atoms with van der Waals surface area (Å²) in [6.07, 6.45) is 0. The Bertz CT molecular complexity index is 330. The molecule has 0 amide bonds. The first-order valence-electron chi connectivity index (χ1n) is 4.29. The number of aromatic nitrogens is 2. The zero-order valence-electron chi connectivity index (χ0n) is 8.32. The predicted molar refractivity (Wildman–Crippen MR) is 51.8 cm³/mol. The van der Waals surface area contributed by atoms with Gasteiger partial charge in [0.15, 0.2) is 0 Å². The van der Waals surface area contributed by atoms with Crippen LogP contribution in [-0.4, -0.2) is 35.3 Å². The van der Waals surface area contributed by atoms with Gasteiger partial charge in [-0.05, 0) is 27.1 Å². The normalized spacial score (nSPS) is 10.8. The fourth-order valence-electron chi connectivity index (χ4n) is 1.01. The quantitative estimate of drug-likeness (QED) is 0.664. The smallest absolute Gasteiger partial charge is 0.266 e. The Hall–Kier alpha value is -1.16. The second-order valence-corrected chi connectivity index (χ2v) is 3.34. The second kappa shape index (κ2) is 4.18. The topological polar surface area (TPSA) is 38.1 Å². The molecule has 0 aliphatic rings. The molecule has 0 radical (unpaired) electrons. The molecule has 1 rings (SSSR count). The summed E-state index contributed by atoms with van der Waals surface area (Å²) in [4.78, 5) is 13.3. The Balaban J connectivity index is 2.76. The van der Waals surface area contributed by atoms with Crippen LogP contribution in [0, 0.1) is 6.92 Å². The lowest BCUT2D eigenvalue weighted by atomic mass is 10.4. The number of likely N-dealkylation sites (N-methyl/N-ethyl adjacent to an activating group) is 1. The predicted octanol–water partition coefficient (Wildman–Crippen LogP) is 0.113. The third kappa shape index (κ3) is 2.99. The van der Waals surface area contributed by atoms with Crippen LogP contribution in [0.25, 0.3) is 0 Å². The highest BCUT2D eigenvalue weighted by molar-refractivity contribution is 4.96. The standard InChI is InChI=1S/C9H15N3O/c1-8-4-5-9(13)12(10-8)7-6-11(2)3/h4-5H,6-7H2,1-3H3. The lowest BCUT2D eigenvalue weighted by Crippen LogP contribution is -2.28. The van der Waals surface area contributed by atoms with Gasteiger partial charge in [-0.25, -0.2) is 4.68 Å². The Labute approximate surface area is 77.8 Å². The molecule has 0 unspecified atom stereocenters. The van der Waals surface area contributed by atoms with Crippen molar-refractivity contribution in [1.29, 1.82) is 0 Å². The van der Waals surface area contributed by atoms with Crippen molar-refractivity contribution in [3.8, 4) is 0 Å². The summed E-state index contributed by atoms with van der Waals surface area (Å²) in [7, 11) is 3.95. The maximum absolute atomic E-state index is 11.3. The van der Waals surface area contributed by atoms with Crippen molar-refractivity contribution in [2.75, 3.05) is 20.6 Å². The third-order valence-corrected chi connectivity index (χ3v) is 1.76. The van der Waals surface area contributed by atoms with Gasteiger partial charge in [0.2, 0.25) is 0 Å². The van der Waals surface area contributed by atoms with E-state index in [4.69, 9.17) is 0 Å². The van der Waals surface area contributed by atoms with Crippen LogP contribution < -0.4 is 5.56 Å². The molecule has 0 aliphatic heterocycles. The van der Waals surface area contributed by atoms with Gasteiger partial charge in [0.1, 0.15) is 0 Å². The summed E-state index contributed by atoms with van der Waals surface area (Å²) < 4.78 is 1.50. The summed E-state index contributed by atoms with van der Waals surface area (Å²) in [5, 5.41) is 4.12. The van der Waals surface area contributed by atoms with Crippen LogP contribution in [-0.2, 0) is 6.54 Å². The Morgan fingerprint density at radius 2 is 2.15 bits per heavy atom. The zero-order chi connectivity index (χ0) is 9.84.